The summed E-state index contributed by atoms with van der Waals surface area (Å²) in [6.45, 7) is 6.22. The first-order valence-electron chi connectivity index (χ1n) is 8.45. The minimum Gasteiger partial charge on any atom is -0.364 e. The Hall–Kier alpha value is -0.650. The van der Waals surface area contributed by atoms with E-state index in [4.69, 9.17) is 4.74 Å². The van der Waals surface area contributed by atoms with Crippen molar-refractivity contribution in [3.8, 4) is 0 Å². The topological polar surface area (TPSA) is 36.0 Å². The highest BCUT2D eigenvalue weighted by molar-refractivity contribution is 5.81. The molecule has 0 N–H and O–H groups in total. The molecule has 3 saturated heterocycles. The quantitative estimate of drug-likeness (QED) is 0.763. The summed E-state index contributed by atoms with van der Waals surface area (Å²) in [6, 6.07) is 0. The van der Waals surface area contributed by atoms with E-state index in [1.165, 1.54) is 6.42 Å². The minimum atomic E-state index is -0.160. The summed E-state index contributed by atoms with van der Waals surface area (Å²) < 4.78 is 6.13. The fourth-order valence-electron chi connectivity index (χ4n) is 3.84. The maximum atomic E-state index is 12.5. The maximum absolute atomic E-state index is 12.5. The molecule has 0 radical (unpaired) electrons. The van der Waals surface area contributed by atoms with Crippen molar-refractivity contribution < 1.29 is 9.53 Å². The number of nitrogens with zero attached hydrogens (tertiary/aromatic N) is 3. The van der Waals surface area contributed by atoms with Gasteiger partial charge in [-0.25, -0.2) is 0 Å². The number of carbonyl (C=O) groups excluding carboxylic acids is 1. The Bertz CT molecular complexity index is 369. The van der Waals surface area contributed by atoms with Gasteiger partial charge in [-0.15, -0.1) is 0 Å². The van der Waals surface area contributed by atoms with Crippen molar-refractivity contribution in [1.82, 2.24) is 14.7 Å². The number of piperidine rings is 1. The molecule has 3 fully saturated rings. The normalized spacial score (nSPS) is 33.7. The van der Waals surface area contributed by atoms with Gasteiger partial charge in [0.1, 0.15) is 6.10 Å². The van der Waals surface area contributed by atoms with Gasteiger partial charge in [0.25, 0.3) is 5.91 Å². The molecular formula is C16H29N3O2. The Morgan fingerprint density at radius 3 is 2.71 bits per heavy atom. The molecule has 5 nitrogen and oxygen atoms in total. The fourth-order valence-corrected chi connectivity index (χ4v) is 3.84. The molecule has 5 heteroatoms. The number of hydrogen-bond acceptors (Lipinski definition) is 4. The van der Waals surface area contributed by atoms with Crippen molar-refractivity contribution in [1.29, 1.82) is 0 Å². The van der Waals surface area contributed by atoms with E-state index < -0.39 is 0 Å². The average Bonchev–Trinajstić information content (AvgIpc) is 3.12. The van der Waals surface area contributed by atoms with Crippen LogP contribution >= 0.6 is 0 Å². The van der Waals surface area contributed by atoms with Gasteiger partial charge < -0.3 is 14.5 Å². The van der Waals surface area contributed by atoms with E-state index in [2.05, 4.69) is 23.9 Å². The molecule has 3 rings (SSSR count). The average molecular weight is 295 g/mol. The Morgan fingerprint density at radius 1 is 1.24 bits per heavy atom. The lowest BCUT2D eigenvalue weighted by Crippen LogP contribution is -2.44. The molecule has 3 aliphatic rings. The predicted octanol–water partition coefficient (Wildman–Crippen LogP) is 0.650. The molecule has 0 spiro atoms. The van der Waals surface area contributed by atoms with Crippen LogP contribution in [0.2, 0.25) is 0 Å². The smallest absolute Gasteiger partial charge is 0.251 e. The monoisotopic (exact) mass is 295 g/mol. The maximum Gasteiger partial charge on any atom is 0.251 e. The summed E-state index contributed by atoms with van der Waals surface area (Å²) in [6.07, 6.45) is 4.56. The van der Waals surface area contributed by atoms with Crippen LogP contribution < -0.4 is 0 Å². The zero-order valence-corrected chi connectivity index (χ0v) is 13.5. The van der Waals surface area contributed by atoms with Crippen molar-refractivity contribution >= 4 is 5.91 Å². The van der Waals surface area contributed by atoms with Crippen LogP contribution in [-0.4, -0.2) is 86.2 Å². The van der Waals surface area contributed by atoms with Crippen LogP contribution in [0.4, 0.5) is 0 Å². The molecule has 0 saturated carbocycles. The second kappa shape index (κ2) is 6.63. The summed E-state index contributed by atoms with van der Waals surface area (Å²) in [5.41, 5.74) is 0. The van der Waals surface area contributed by atoms with Crippen molar-refractivity contribution in [2.75, 3.05) is 53.4 Å². The zero-order chi connectivity index (χ0) is 14.8. The van der Waals surface area contributed by atoms with E-state index in [0.717, 1.165) is 58.5 Å². The van der Waals surface area contributed by atoms with E-state index in [9.17, 15) is 4.79 Å². The Morgan fingerprint density at radius 2 is 2.00 bits per heavy atom. The van der Waals surface area contributed by atoms with Crippen LogP contribution in [0.5, 0.6) is 0 Å². The van der Waals surface area contributed by atoms with Gasteiger partial charge >= 0.3 is 0 Å². The molecule has 0 aliphatic carbocycles. The molecule has 0 bridgehead atoms. The summed E-state index contributed by atoms with van der Waals surface area (Å²) in [5, 5.41) is 0. The molecule has 3 aliphatic heterocycles. The number of fused-ring (bicyclic) bond motifs is 1. The van der Waals surface area contributed by atoms with Crippen LogP contribution in [0.15, 0.2) is 0 Å². The predicted molar refractivity (Wildman–Crippen MR) is 82.2 cm³/mol. The standard InChI is InChI=1S/C16H29N3O2/c1-17(2)9-10-18-8-5-13-11-14(21-15(13)12-18)16(20)19-6-3-4-7-19/h13-15H,3-12H2,1-2H3/t13-,14+,15+/m0/s1. The van der Waals surface area contributed by atoms with Gasteiger partial charge in [-0.05, 0) is 52.2 Å². The summed E-state index contributed by atoms with van der Waals surface area (Å²) in [4.78, 5) is 19.2. The zero-order valence-electron chi connectivity index (χ0n) is 13.5. The number of rotatable bonds is 4. The van der Waals surface area contributed by atoms with Gasteiger partial charge in [-0.1, -0.05) is 0 Å². The van der Waals surface area contributed by atoms with E-state index in [0.29, 0.717) is 5.92 Å². The highest BCUT2D eigenvalue weighted by atomic mass is 16.5. The van der Waals surface area contributed by atoms with Gasteiger partial charge in [-0.3, -0.25) is 9.69 Å². The van der Waals surface area contributed by atoms with Crippen LogP contribution in [0.3, 0.4) is 0 Å². The van der Waals surface area contributed by atoms with Gasteiger partial charge in [0.2, 0.25) is 0 Å². The van der Waals surface area contributed by atoms with Gasteiger partial charge in [0.15, 0.2) is 0 Å². The number of likely N-dealkylation sites (tertiary alicyclic amines) is 2. The molecule has 0 aromatic rings. The number of amides is 1. The SMILES string of the molecule is CN(C)CCN1CC[C@H]2C[C@H](C(=O)N3CCCC3)O[C@@H]2C1. The molecule has 0 aromatic heterocycles. The Labute approximate surface area is 128 Å². The third-order valence-electron chi connectivity index (χ3n) is 5.19. The van der Waals surface area contributed by atoms with E-state index in [1.807, 2.05) is 4.90 Å². The molecule has 120 valence electrons. The minimum absolute atomic E-state index is 0.160. The van der Waals surface area contributed by atoms with Crippen molar-refractivity contribution in [3.63, 3.8) is 0 Å². The van der Waals surface area contributed by atoms with E-state index >= 15 is 0 Å². The third kappa shape index (κ3) is 3.58. The van der Waals surface area contributed by atoms with Gasteiger partial charge in [0.05, 0.1) is 6.10 Å². The van der Waals surface area contributed by atoms with Crippen LogP contribution in [0.1, 0.15) is 25.7 Å². The largest absolute Gasteiger partial charge is 0.364 e. The lowest BCUT2D eigenvalue weighted by atomic mass is 9.91. The van der Waals surface area contributed by atoms with Crippen molar-refractivity contribution in [2.45, 2.75) is 37.9 Å². The second-order valence-corrected chi connectivity index (χ2v) is 7.08. The van der Waals surface area contributed by atoms with E-state index in [-0.39, 0.29) is 18.1 Å². The Kier molecular flexibility index (Phi) is 4.82. The highest BCUT2D eigenvalue weighted by Crippen LogP contribution is 2.34. The first-order valence-corrected chi connectivity index (χ1v) is 8.45. The van der Waals surface area contributed by atoms with Crippen molar-refractivity contribution in [3.05, 3.63) is 0 Å². The molecule has 0 aromatic carbocycles. The Balaban J connectivity index is 1.50. The number of ether oxygens (including phenoxy) is 1. The fraction of sp³-hybridized carbons (Fsp3) is 0.938. The van der Waals surface area contributed by atoms with Crippen LogP contribution in [0.25, 0.3) is 0 Å². The number of carbonyl (C=O) groups is 1. The molecule has 1 amide bonds. The lowest BCUT2D eigenvalue weighted by Gasteiger charge is -2.34. The van der Waals surface area contributed by atoms with Crippen molar-refractivity contribution in [2.24, 2.45) is 5.92 Å². The molecular weight excluding hydrogens is 266 g/mol. The van der Waals surface area contributed by atoms with Crippen LogP contribution in [-0.2, 0) is 9.53 Å². The number of likely N-dealkylation sites (N-methyl/N-ethyl adjacent to an activating group) is 1. The third-order valence-corrected chi connectivity index (χ3v) is 5.19. The first-order chi connectivity index (χ1) is 10.1. The van der Waals surface area contributed by atoms with Crippen LogP contribution in [0, 0.1) is 5.92 Å². The molecule has 21 heavy (non-hydrogen) atoms. The van der Waals surface area contributed by atoms with Gasteiger partial charge in [-0.2, -0.15) is 0 Å². The first kappa shape index (κ1) is 15.3. The van der Waals surface area contributed by atoms with E-state index in [1.54, 1.807) is 0 Å². The summed E-state index contributed by atoms with van der Waals surface area (Å²) in [5.74, 6) is 0.846. The molecule has 3 heterocycles. The number of hydrogen-bond donors (Lipinski definition) is 0. The second-order valence-electron chi connectivity index (χ2n) is 7.08. The molecule has 3 atom stereocenters. The summed E-state index contributed by atoms with van der Waals surface area (Å²) >= 11 is 0. The lowest BCUT2D eigenvalue weighted by molar-refractivity contribution is -0.142. The highest BCUT2D eigenvalue weighted by Gasteiger charge is 2.43. The molecule has 0 unspecified atom stereocenters. The van der Waals surface area contributed by atoms with Gasteiger partial charge in [0, 0.05) is 32.7 Å². The summed E-state index contributed by atoms with van der Waals surface area (Å²) in [7, 11) is 4.23.